The van der Waals surface area contributed by atoms with Crippen LogP contribution in [0, 0.1) is 0 Å². The first-order valence-corrected chi connectivity index (χ1v) is 16.0. The highest BCUT2D eigenvalue weighted by molar-refractivity contribution is 6.11. The fraction of sp³-hybridized carbons (Fsp3) is 0.179. The van der Waals surface area contributed by atoms with Crippen LogP contribution in [0.3, 0.4) is 0 Å². The Morgan fingerprint density at radius 2 is 1.50 bits per heavy atom. The molecule has 0 amide bonds. The van der Waals surface area contributed by atoms with Crippen LogP contribution in [0.25, 0.3) is 27.5 Å². The summed E-state index contributed by atoms with van der Waals surface area (Å²) in [6.07, 6.45) is 8.66. The van der Waals surface area contributed by atoms with Gasteiger partial charge in [-0.15, -0.1) is 0 Å². The molecule has 0 saturated carbocycles. The van der Waals surface area contributed by atoms with Gasteiger partial charge < -0.3 is 14.2 Å². The minimum atomic E-state index is -0.336. The van der Waals surface area contributed by atoms with E-state index in [0.717, 1.165) is 57.1 Å². The van der Waals surface area contributed by atoms with Gasteiger partial charge in [0.25, 0.3) is 0 Å². The Morgan fingerprint density at radius 1 is 0.761 bits per heavy atom. The molecule has 6 heterocycles. The van der Waals surface area contributed by atoms with E-state index in [2.05, 4.69) is 144 Å². The number of para-hydroxylation sites is 3. The number of aromatic nitrogens is 2. The number of likely N-dealkylation sites (N-methyl/N-ethyl adjacent to an activating group) is 1. The zero-order chi connectivity index (χ0) is 30.7. The monoisotopic (exact) mass is 600 g/mol. The minimum Gasteiger partial charge on any atom is -0.454 e. The smallest absolute Gasteiger partial charge is 0.178 e. The van der Waals surface area contributed by atoms with Gasteiger partial charge in [-0.1, -0.05) is 80.6 Å². The number of benzene rings is 4. The Bertz CT molecular complexity index is 2270. The van der Waals surface area contributed by atoms with Crippen molar-refractivity contribution in [3.05, 3.63) is 132 Å². The van der Waals surface area contributed by atoms with Crippen LogP contribution in [0.5, 0.6) is 0 Å². The third-order valence-electron chi connectivity index (χ3n) is 10.7. The molecule has 4 aliphatic heterocycles. The molecule has 10 rings (SSSR count). The molecule has 4 aromatic carbocycles. The quantitative estimate of drug-likeness (QED) is 0.197. The maximum atomic E-state index is 6.78. The van der Waals surface area contributed by atoms with Gasteiger partial charge in [0, 0.05) is 64.9 Å². The normalized spacial score (nSPS) is 22.5. The molecule has 0 aliphatic carbocycles. The molecule has 7 heteroatoms. The summed E-state index contributed by atoms with van der Waals surface area (Å²) in [6, 6.07) is 32.5. The molecular formula is C39H32N6O. The zero-order valence-electron chi connectivity index (χ0n) is 25.9. The summed E-state index contributed by atoms with van der Waals surface area (Å²) in [5, 5.41) is 2.28. The highest BCUT2D eigenvalue weighted by atomic mass is 16.3. The highest BCUT2D eigenvalue weighted by Gasteiger charge is 2.55. The number of hydrogen-bond donors (Lipinski definition) is 0. The van der Waals surface area contributed by atoms with E-state index in [4.69, 9.17) is 14.4 Å². The molecule has 7 nitrogen and oxygen atoms in total. The minimum absolute atomic E-state index is 0.109. The summed E-state index contributed by atoms with van der Waals surface area (Å²) in [5.74, 6) is 1.73. The number of allylic oxidation sites excluding steroid dienone is 1. The lowest BCUT2D eigenvalue weighted by Gasteiger charge is -2.46. The van der Waals surface area contributed by atoms with Crippen molar-refractivity contribution in [3.8, 4) is 0 Å². The van der Waals surface area contributed by atoms with Gasteiger partial charge in [-0.2, -0.15) is 0 Å². The molecule has 224 valence electrons. The molecule has 3 atom stereocenters. The average molecular weight is 601 g/mol. The number of anilines is 5. The fourth-order valence-corrected chi connectivity index (χ4v) is 8.52. The van der Waals surface area contributed by atoms with Gasteiger partial charge in [0.2, 0.25) is 0 Å². The van der Waals surface area contributed by atoms with Crippen molar-refractivity contribution >= 4 is 56.2 Å². The first kappa shape index (κ1) is 25.7. The van der Waals surface area contributed by atoms with Gasteiger partial charge in [0.15, 0.2) is 17.2 Å². The second-order valence-corrected chi connectivity index (χ2v) is 12.9. The van der Waals surface area contributed by atoms with Crippen molar-refractivity contribution < 1.29 is 4.42 Å². The lowest BCUT2D eigenvalue weighted by molar-refractivity contribution is 0.385. The Balaban J connectivity index is 1.34. The first-order chi connectivity index (χ1) is 22.6. The van der Waals surface area contributed by atoms with Gasteiger partial charge in [0.05, 0.1) is 11.4 Å². The summed E-state index contributed by atoms with van der Waals surface area (Å²) in [6.45, 7) is 4.75. The third kappa shape index (κ3) is 3.07. The van der Waals surface area contributed by atoms with E-state index in [-0.39, 0.29) is 17.7 Å². The van der Waals surface area contributed by atoms with Gasteiger partial charge in [0.1, 0.15) is 17.9 Å². The SMILES string of the molecule is CCC1(C)C2=C(C3N(C)C=CN3c3c1ccc1c3oc3ccccc31)[C@H]1N(c3ccccc3)c3nccnc3N1c1ccccc12. The van der Waals surface area contributed by atoms with Crippen LogP contribution in [0.1, 0.15) is 31.4 Å². The van der Waals surface area contributed by atoms with Crippen LogP contribution >= 0.6 is 0 Å². The van der Waals surface area contributed by atoms with Gasteiger partial charge in [-0.05, 0) is 41.8 Å². The van der Waals surface area contributed by atoms with Crippen LogP contribution in [0.15, 0.2) is 126 Å². The molecule has 0 radical (unpaired) electrons. The predicted octanol–water partition coefficient (Wildman–Crippen LogP) is 8.69. The van der Waals surface area contributed by atoms with Crippen LogP contribution < -0.4 is 14.7 Å². The zero-order valence-corrected chi connectivity index (χ0v) is 25.9. The maximum Gasteiger partial charge on any atom is 0.178 e. The van der Waals surface area contributed by atoms with E-state index in [9.17, 15) is 0 Å². The highest BCUT2D eigenvalue weighted by Crippen LogP contribution is 2.61. The van der Waals surface area contributed by atoms with Crippen LogP contribution in [-0.2, 0) is 5.41 Å². The van der Waals surface area contributed by atoms with E-state index < -0.39 is 0 Å². The van der Waals surface area contributed by atoms with Crippen molar-refractivity contribution in [2.24, 2.45) is 0 Å². The first-order valence-electron chi connectivity index (χ1n) is 16.0. The summed E-state index contributed by atoms with van der Waals surface area (Å²) in [7, 11) is 2.19. The van der Waals surface area contributed by atoms with Gasteiger partial charge in [-0.3, -0.25) is 9.80 Å². The molecule has 46 heavy (non-hydrogen) atoms. The van der Waals surface area contributed by atoms with E-state index in [1.807, 2.05) is 6.20 Å². The Kier molecular flexibility index (Phi) is 5.04. The predicted molar refractivity (Wildman–Crippen MR) is 184 cm³/mol. The number of fused-ring (bicyclic) bond motifs is 15. The number of furan rings is 1. The van der Waals surface area contributed by atoms with Crippen LogP contribution in [0.2, 0.25) is 0 Å². The van der Waals surface area contributed by atoms with Crippen molar-refractivity contribution in [2.45, 2.75) is 38.0 Å². The van der Waals surface area contributed by atoms with E-state index in [1.54, 1.807) is 6.20 Å². The third-order valence-corrected chi connectivity index (χ3v) is 10.7. The second kappa shape index (κ2) is 9.01. The molecule has 0 N–H and O–H groups in total. The van der Waals surface area contributed by atoms with E-state index >= 15 is 0 Å². The molecule has 4 aliphatic rings. The molecule has 0 spiro atoms. The molecular weight excluding hydrogens is 568 g/mol. The lowest BCUT2D eigenvalue weighted by Crippen LogP contribution is -2.52. The summed E-state index contributed by atoms with van der Waals surface area (Å²) in [5.41, 5.74) is 10.1. The Morgan fingerprint density at radius 3 is 2.33 bits per heavy atom. The lowest BCUT2D eigenvalue weighted by atomic mass is 9.67. The van der Waals surface area contributed by atoms with Crippen LogP contribution in [-0.4, -0.2) is 34.2 Å². The maximum absolute atomic E-state index is 6.78. The Hall–Kier alpha value is -5.56. The summed E-state index contributed by atoms with van der Waals surface area (Å²) in [4.78, 5) is 19.6. The number of hydrogen-bond acceptors (Lipinski definition) is 7. The number of nitrogens with zero attached hydrogens (tertiary/aromatic N) is 6. The van der Waals surface area contributed by atoms with Gasteiger partial charge >= 0.3 is 0 Å². The molecule has 0 bridgehead atoms. The summed E-state index contributed by atoms with van der Waals surface area (Å²) < 4.78 is 6.78. The summed E-state index contributed by atoms with van der Waals surface area (Å²) >= 11 is 0. The Labute approximate surface area is 267 Å². The number of rotatable bonds is 2. The van der Waals surface area contributed by atoms with E-state index in [1.165, 1.54) is 22.3 Å². The van der Waals surface area contributed by atoms with E-state index in [0.29, 0.717) is 0 Å². The van der Waals surface area contributed by atoms with Crippen molar-refractivity contribution in [2.75, 3.05) is 21.7 Å². The van der Waals surface area contributed by atoms with Crippen molar-refractivity contribution in [1.82, 2.24) is 14.9 Å². The molecule has 2 aromatic heterocycles. The van der Waals surface area contributed by atoms with Crippen LogP contribution in [0.4, 0.5) is 28.7 Å². The molecule has 0 fully saturated rings. The van der Waals surface area contributed by atoms with Crippen molar-refractivity contribution in [3.63, 3.8) is 0 Å². The second-order valence-electron chi connectivity index (χ2n) is 12.9. The topological polar surface area (TPSA) is 51.9 Å². The van der Waals surface area contributed by atoms with Gasteiger partial charge in [-0.25, -0.2) is 9.97 Å². The van der Waals surface area contributed by atoms with Crippen molar-refractivity contribution in [1.29, 1.82) is 0 Å². The molecule has 2 unspecified atom stereocenters. The standard InChI is InChI=1S/C39H32N6O/c1-4-39(2)28-19-18-26-25-14-9-11-17-30(25)46-34(26)33(28)43-23-22-42(3)37(43)31-32(39)27-15-8-10-16-29(27)45-36-35(40-20-21-41-36)44(38(31)45)24-12-6-5-7-13-24/h5-23,37-38H,4H2,1-3H3/t37?,38-,39?/m0/s1. The average Bonchev–Trinajstić information content (AvgIpc) is 3.77. The fourth-order valence-electron chi connectivity index (χ4n) is 8.52. The molecule has 6 aromatic rings. The molecule has 0 saturated heterocycles. The largest absolute Gasteiger partial charge is 0.454 e.